The van der Waals surface area contributed by atoms with Crippen LogP contribution in [0.4, 0.5) is 0 Å². The summed E-state index contributed by atoms with van der Waals surface area (Å²) in [6.07, 6.45) is 7.19. The third-order valence-electron chi connectivity index (χ3n) is 3.41. The maximum absolute atomic E-state index is 12.8. The topological polar surface area (TPSA) is 72.2 Å². The molecule has 0 saturated carbocycles. The van der Waals surface area contributed by atoms with E-state index in [1.807, 2.05) is 0 Å². The lowest BCUT2D eigenvalue weighted by Crippen LogP contribution is -2.12. The summed E-state index contributed by atoms with van der Waals surface area (Å²) in [6.45, 7) is 0. The average Bonchev–Trinajstić information content (AvgIpc) is 2.96. The molecular weight excluding hydrogens is 351 g/mol. The summed E-state index contributed by atoms with van der Waals surface area (Å²) in [6, 6.07) is 6.48. The third-order valence-corrected chi connectivity index (χ3v) is 4.00. The molecule has 0 atom stereocenters. The van der Waals surface area contributed by atoms with Crippen LogP contribution in [0.5, 0.6) is 0 Å². The van der Waals surface area contributed by atoms with Gasteiger partial charge < -0.3 is 5.11 Å². The number of pyridine rings is 1. The summed E-state index contributed by atoms with van der Waals surface area (Å²) in [5, 5.41) is 9.78. The zero-order chi connectivity index (χ0) is 17.3. The van der Waals surface area contributed by atoms with Gasteiger partial charge in [0, 0.05) is 30.1 Å². The minimum absolute atomic E-state index is 0.147. The Hall–Kier alpha value is -2.63. The highest BCUT2D eigenvalue weighted by molar-refractivity contribution is 6.40. The van der Waals surface area contributed by atoms with Crippen molar-refractivity contribution in [3.8, 4) is 0 Å². The molecule has 0 aliphatic rings. The first kappa shape index (κ1) is 16.2. The first-order valence-electron chi connectivity index (χ1n) is 6.83. The molecule has 0 fully saturated rings. The number of nitrogens with zero attached hydrogens (tertiary/aromatic N) is 2. The van der Waals surface area contributed by atoms with Crippen LogP contribution in [0.2, 0.25) is 10.0 Å². The molecule has 2 heterocycles. The van der Waals surface area contributed by atoms with E-state index in [0.29, 0.717) is 11.1 Å². The van der Waals surface area contributed by atoms with Crippen molar-refractivity contribution in [2.45, 2.75) is 0 Å². The van der Waals surface area contributed by atoms with E-state index in [9.17, 15) is 9.59 Å². The first-order chi connectivity index (χ1) is 11.5. The maximum atomic E-state index is 12.8. The number of aromatic nitrogens is 2. The molecule has 0 aliphatic carbocycles. The Morgan fingerprint density at radius 2 is 1.88 bits per heavy atom. The normalized spacial score (nSPS) is 11.2. The lowest BCUT2D eigenvalue weighted by atomic mass is 10.1. The third kappa shape index (κ3) is 3.04. The van der Waals surface area contributed by atoms with Gasteiger partial charge in [0.25, 0.3) is 5.91 Å². The Morgan fingerprint density at radius 1 is 1.17 bits per heavy atom. The molecular formula is C17H10Cl2N2O3. The Kier molecular flexibility index (Phi) is 4.38. The van der Waals surface area contributed by atoms with E-state index >= 15 is 0 Å². The van der Waals surface area contributed by atoms with Gasteiger partial charge in [-0.3, -0.25) is 14.3 Å². The van der Waals surface area contributed by atoms with Crippen LogP contribution < -0.4 is 0 Å². The molecule has 5 nitrogen and oxygen atoms in total. The first-order valence-corrected chi connectivity index (χ1v) is 7.59. The quantitative estimate of drug-likeness (QED) is 0.712. The van der Waals surface area contributed by atoms with E-state index in [4.69, 9.17) is 28.3 Å². The van der Waals surface area contributed by atoms with Crippen molar-refractivity contribution in [3.63, 3.8) is 0 Å². The molecule has 0 amide bonds. The molecule has 3 aromatic rings. The zero-order valence-electron chi connectivity index (χ0n) is 12.1. The Bertz CT molecular complexity index is 969. The second-order valence-corrected chi connectivity index (χ2v) is 5.77. The van der Waals surface area contributed by atoms with Crippen molar-refractivity contribution in [3.05, 3.63) is 70.1 Å². The number of hydrogen-bond acceptors (Lipinski definition) is 3. The fourth-order valence-corrected chi connectivity index (χ4v) is 3.01. The van der Waals surface area contributed by atoms with Crippen molar-refractivity contribution in [2.75, 3.05) is 0 Å². The van der Waals surface area contributed by atoms with E-state index in [1.54, 1.807) is 30.7 Å². The van der Waals surface area contributed by atoms with Gasteiger partial charge in [0.1, 0.15) is 0 Å². The maximum Gasteiger partial charge on any atom is 0.328 e. The van der Waals surface area contributed by atoms with Crippen LogP contribution >= 0.6 is 23.2 Å². The Labute approximate surface area is 146 Å². The van der Waals surface area contributed by atoms with Crippen LogP contribution in [0.1, 0.15) is 15.9 Å². The standard InChI is InChI=1S/C17H10Cl2N2O3/c18-12-7-10(1-2-15(22)23)8-13(19)16(12)17(24)21-6-4-11-9-20-5-3-14(11)21/h1-9H,(H,22,23)/b2-1+. The molecule has 7 heteroatoms. The zero-order valence-corrected chi connectivity index (χ0v) is 13.6. The van der Waals surface area contributed by atoms with Crippen molar-refractivity contribution >= 4 is 52.1 Å². The predicted octanol–water partition coefficient (Wildman–Crippen LogP) is 4.13. The molecule has 120 valence electrons. The lowest BCUT2D eigenvalue weighted by Gasteiger charge is -2.09. The van der Waals surface area contributed by atoms with E-state index in [1.165, 1.54) is 22.8 Å². The fraction of sp³-hybridized carbons (Fsp3) is 0. The molecule has 24 heavy (non-hydrogen) atoms. The van der Waals surface area contributed by atoms with E-state index in [2.05, 4.69) is 4.98 Å². The minimum atomic E-state index is -1.09. The highest BCUT2D eigenvalue weighted by Crippen LogP contribution is 2.29. The van der Waals surface area contributed by atoms with Crippen LogP contribution in [0.15, 0.2) is 48.9 Å². The number of fused-ring (bicyclic) bond motifs is 1. The second-order valence-electron chi connectivity index (χ2n) is 4.96. The molecule has 0 spiro atoms. The monoisotopic (exact) mass is 360 g/mol. The van der Waals surface area contributed by atoms with Gasteiger partial charge in [-0.25, -0.2) is 4.79 Å². The summed E-state index contributed by atoms with van der Waals surface area (Å²) >= 11 is 12.4. The molecule has 3 rings (SSSR count). The van der Waals surface area contributed by atoms with Gasteiger partial charge in [-0.15, -0.1) is 0 Å². The molecule has 0 radical (unpaired) electrons. The number of rotatable bonds is 3. The van der Waals surface area contributed by atoms with Crippen molar-refractivity contribution in [1.29, 1.82) is 0 Å². The minimum Gasteiger partial charge on any atom is -0.478 e. The fourth-order valence-electron chi connectivity index (χ4n) is 2.34. The summed E-state index contributed by atoms with van der Waals surface area (Å²) in [5.41, 5.74) is 1.34. The molecule has 2 aromatic heterocycles. The smallest absolute Gasteiger partial charge is 0.328 e. The highest BCUT2D eigenvalue weighted by atomic mass is 35.5. The van der Waals surface area contributed by atoms with Crippen LogP contribution in [0.3, 0.4) is 0 Å². The summed E-state index contributed by atoms with van der Waals surface area (Å²) in [5.74, 6) is -1.46. The van der Waals surface area contributed by atoms with Gasteiger partial charge in [-0.05, 0) is 35.9 Å². The summed E-state index contributed by atoms with van der Waals surface area (Å²) < 4.78 is 1.44. The number of carbonyl (C=O) groups is 2. The van der Waals surface area contributed by atoms with Crippen molar-refractivity contribution in [2.24, 2.45) is 0 Å². The highest BCUT2D eigenvalue weighted by Gasteiger charge is 2.19. The van der Waals surface area contributed by atoms with E-state index in [-0.39, 0.29) is 21.5 Å². The van der Waals surface area contributed by atoms with Crippen molar-refractivity contribution in [1.82, 2.24) is 9.55 Å². The molecule has 0 saturated heterocycles. The van der Waals surface area contributed by atoms with Crippen molar-refractivity contribution < 1.29 is 14.7 Å². The van der Waals surface area contributed by atoms with Crippen LogP contribution in [-0.2, 0) is 4.79 Å². The van der Waals surface area contributed by atoms with E-state index in [0.717, 1.165) is 11.5 Å². The van der Waals surface area contributed by atoms with Gasteiger partial charge >= 0.3 is 5.97 Å². The van der Waals surface area contributed by atoms with Gasteiger partial charge in [0.05, 0.1) is 21.1 Å². The number of benzene rings is 1. The van der Waals surface area contributed by atoms with Gasteiger partial charge in [-0.1, -0.05) is 23.2 Å². The van der Waals surface area contributed by atoms with Gasteiger partial charge in [0.15, 0.2) is 0 Å². The molecule has 0 unspecified atom stereocenters. The number of carbonyl (C=O) groups excluding carboxylic acids is 1. The summed E-state index contributed by atoms with van der Waals surface area (Å²) in [7, 11) is 0. The van der Waals surface area contributed by atoms with Crippen LogP contribution in [-0.4, -0.2) is 26.5 Å². The number of carboxylic acids is 1. The number of carboxylic acid groups (broad SMARTS) is 1. The molecule has 1 aromatic carbocycles. The SMILES string of the molecule is O=C(O)/C=C/c1cc(Cl)c(C(=O)n2ccc3cnccc32)c(Cl)c1. The van der Waals surface area contributed by atoms with Gasteiger partial charge in [0.2, 0.25) is 0 Å². The number of hydrogen-bond donors (Lipinski definition) is 1. The van der Waals surface area contributed by atoms with Crippen LogP contribution in [0.25, 0.3) is 17.0 Å². The molecule has 0 bridgehead atoms. The Morgan fingerprint density at radius 3 is 2.54 bits per heavy atom. The number of halogens is 2. The largest absolute Gasteiger partial charge is 0.478 e. The average molecular weight is 361 g/mol. The summed E-state index contributed by atoms with van der Waals surface area (Å²) in [4.78, 5) is 27.4. The Balaban J connectivity index is 2.06. The molecule has 0 aliphatic heterocycles. The van der Waals surface area contributed by atoms with Gasteiger partial charge in [-0.2, -0.15) is 0 Å². The second kappa shape index (κ2) is 6.47. The number of aliphatic carboxylic acids is 1. The van der Waals surface area contributed by atoms with Crippen LogP contribution in [0, 0.1) is 0 Å². The predicted molar refractivity (Wildman–Crippen MR) is 92.6 cm³/mol. The lowest BCUT2D eigenvalue weighted by molar-refractivity contribution is -0.131. The molecule has 1 N–H and O–H groups in total. The van der Waals surface area contributed by atoms with E-state index < -0.39 is 5.97 Å².